The first-order valence-corrected chi connectivity index (χ1v) is 10.5. The molecule has 0 aliphatic carbocycles. The van der Waals surface area contributed by atoms with Crippen LogP contribution in [-0.2, 0) is 17.4 Å². The van der Waals surface area contributed by atoms with Gasteiger partial charge in [0, 0.05) is 38.6 Å². The van der Waals surface area contributed by atoms with Gasteiger partial charge in [0.25, 0.3) is 0 Å². The standard InChI is InChI=1S/C24H28N6O/c1-16-14-30(15-17(2)31-16)23-11-21(7-8-26-23)24(25)12-19(6-9-27-24)18-4-5-22-20(10-18)13-28-29(22)3/h4-13,16-17,27H,14-15,25H2,1-3H3/t16-,17+,24?/i3D. The third-order valence-corrected chi connectivity index (χ3v) is 5.91. The Morgan fingerprint density at radius 1 is 1.23 bits per heavy atom. The van der Waals surface area contributed by atoms with Crippen LogP contribution in [0.1, 0.15) is 26.3 Å². The first kappa shape index (κ1) is 18.6. The molecule has 0 amide bonds. The second-order valence-corrected chi connectivity index (χ2v) is 8.43. The van der Waals surface area contributed by atoms with E-state index >= 15 is 0 Å². The van der Waals surface area contributed by atoms with Crippen LogP contribution in [0.15, 0.2) is 61.1 Å². The molecule has 0 radical (unpaired) electrons. The van der Waals surface area contributed by atoms with Gasteiger partial charge in [-0.15, -0.1) is 0 Å². The number of benzene rings is 1. The van der Waals surface area contributed by atoms with Gasteiger partial charge in [0.2, 0.25) is 0 Å². The summed E-state index contributed by atoms with van der Waals surface area (Å²) in [5.74, 6) is 0.907. The van der Waals surface area contributed by atoms with Gasteiger partial charge >= 0.3 is 0 Å². The largest absolute Gasteiger partial charge is 0.372 e. The number of rotatable bonds is 3. The maximum Gasteiger partial charge on any atom is 0.132 e. The zero-order valence-electron chi connectivity index (χ0n) is 18.8. The molecule has 5 rings (SSSR count). The second kappa shape index (κ2) is 7.51. The molecule has 160 valence electrons. The number of nitrogens with two attached hydrogens (primary N) is 1. The summed E-state index contributed by atoms with van der Waals surface area (Å²) < 4.78 is 15.1. The number of morpholine rings is 1. The molecule has 3 atom stereocenters. The van der Waals surface area contributed by atoms with Crippen molar-refractivity contribution in [2.75, 3.05) is 18.0 Å². The Balaban J connectivity index is 1.47. The van der Waals surface area contributed by atoms with Crippen LogP contribution >= 0.6 is 0 Å². The zero-order valence-corrected chi connectivity index (χ0v) is 17.8. The molecule has 0 saturated carbocycles. The second-order valence-electron chi connectivity index (χ2n) is 8.43. The molecule has 3 aromatic rings. The summed E-state index contributed by atoms with van der Waals surface area (Å²) >= 11 is 0. The Labute approximate surface area is 183 Å². The van der Waals surface area contributed by atoms with Crippen LogP contribution in [0.4, 0.5) is 5.82 Å². The predicted octanol–water partition coefficient (Wildman–Crippen LogP) is 2.89. The number of hydrogen-bond donors (Lipinski definition) is 2. The maximum absolute atomic E-state index is 7.59. The van der Waals surface area contributed by atoms with Gasteiger partial charge in [0.1, 0.15) is 11.5 Å². The normalized spacial score (nSPS) is 26.5. The Hall–Kier alpha value is -3.16. The zero-order chi connectivity index (χ0) is 22.3. The van der Waals surface area contributed by atoms with Crippen molar-refractivity contribution in [2.45, 2.75) is 31.7 Å². The molecular formula is C24H28N6O. The number of aromatic nitrogens is 3. The Morgan fingerprint density at radius 2 is 2.06 bits per heavy atom. The molecule has 1 fully saturated rings. The first-order chi connectivity index (χ1) is 15.4. The fourth-order valence-corrected chi connectivity index (χ4v) is 4.43. The molecule has 0 spiro atoms. The highest BCUT2D eigenvalue weighted by atomic mass is 16.5. The summed E-state index contributed by atoms with van der Waals surface area (Å²) in [6, 6.07) is 10.2. The number of aryl methyl sites for hydroxylation is 1. The summed E-state index contributed by atoms with van der Waals surface area (Å²) in [6.45, 7) is 5.78. The molecule has 1 aromatic carbocycles. The molecule has 31 heavy (non-hydrogen) atoms. The molecule has 7 heteroatoms. The molecule has 1 unspecified atom stereocenters. The van der Waals surface area contributed by atoms with E-state index in [0.717, 1.165) is 46.5 Å². The van der Waals surface area contributed by atoms with Crippen molar-refractivity contribution in [1.29, 1.82) is 0 Å². The van der Waals surface area contributed by atoms with Crippen LogP contribution in [0.5, 0.6) is 0 Å². The minimum Gasteiger partial charge on any atom is -0.372 e. The fourth-order valence-electron chi connectivity index (χ4n) is 4.43. The lowest BCUT2D eigenvalue weighted by atomic mass is 9.92. The predicted molar refractivity (Wildman–Crippen MR) is 123 cm³/mol. The summed E-state index contributed by atoms with van der Waals surface area (Å²) in [5.41, 5.74) is 9.97. The number of dihydropyridines is 1. The van der Waals surface area contributed by atoms with Gasteiger partial charge in [-0.25, -0.2) is 4.98 Å². The van der Waals surface area contributed by atoms with E-state index in [1.807, 2.05) is 42.7 Å². The van der Waals surface area contributed by atoms with Gasteiger partial charge < -0.3 is 20.7 Å². The van der Waals surface area contributed by atoms with Crippen LogP contribution in [-0.4, -0.2) is 40.1 Å². The molecule has 4 heterocycles. The van der Waals surface area contributed by atoms with Crippen LogP contribution in [0.3, 0.4) is 0 Å². The van der Waals surface area contributed by atoms with Crippen molar-refractivity contribution < 1.29 is 6.11 Å². The molecule has 7 nitrogen and oxygen atoms in total. The number of nitrogens with zero attached hydrogens (tertiary/aromatic N) is 4. The highest BCUT2D eigenvalue weighted by Crippen LogP contribution is 2.30. The van der Waals surface area contributed by atoms with E-state index < -0.39 is 5.66 Å². The van der Waals surface area contributed by atoms with Gasteiger partial charge in [-0.1, -0.05) is 6.07 Å². The molecule has 3 N–H and O–H groups in total. The number of pyridine rings is 1. The van der Waals surface area contributed by atoms with Gasteiger partial charge in [-0.3, -0.25) is 4.68 Å². The van der Waals surface area contributed by atoms with Crippen molar-refractivity contribution in [2.24, 2.45) is 12.8 Å². The first-order valence-electron chi connectivity index (χ1n) is 11.2. The van der Waals surface area contributed by atoms with E-state index in [1.54, 1.807) is 10.9 Å². The minimum absolute atomic E-state index is 0.104. The van der Waals surface area contributed by atoms with Gasteiger partial charge in [0.05, 0.1) is 23.9 Å². The lowest BCUT2D eigenvalue weighted by Gasteiger charge is -2.37. The van der Waals surface area contributed by atoms with Gasteiger partial charge in [-0.05, 0) is 67.6 Å². The number of fused-ring (bicyclic) bond motifs is 1. The topological polar surface area (TPSA) is 81.2 Å². The van der Waals surface area contributed by atoms with Crippen molar-refractivity contribution in [3.63, 3.8) is 0 Å². The summed E-state index contributed by atoms with van der Waals surface area (Å²) in [4.78, 5) is 6.86. The number of ether oxygens (including phenoxy) is 1. The highest BCUT2D eigenvalue weighted by Gasteiger charge is 2.29. The van der Waals surface area contributed by atoms with Crippen LogP contribution in [0.2, 0.25) is 0 Å². The average molecular weight is 418 g/mol. The summed E-state index contributed by atoms with van der Waals surface area (Å²) in [6.07, 6.45) is 9.90. The number of hydrogen-bond acceptors (Lipinski definition) is 6. The molecular weight excluding hydrogens is 388 g/mol. The van der Waals surface area contributed by atoms with E-state index in [-0.39, 0.29) is 19.2 Å². The number of anilines is 1. The summed E-state index contributed by atoms with van der Waals surface area (Å²) in [7, 11) is 0.104. The molecule has 0 bridgehead atoms. The van der Waals surface area contributed by atoms with Gasteiger partial charge in [-0.2, -0.15) is 5.10 Å². The maximum atomic E-state index is 7.59. The van der Waals surface area contributed by atoms with Gasteiger partial charge in [0.15, 0.2) is 0 Å². The van der Waals surface area contributed by atoms with Crippen molar-refractivity contribution in [1.82, 2.24) is 20.1 Å². The van der Waals surface area contributed by atoms with Crippen LogP contribution in [0, 0.1) is 0 Å². The number of nitrogens with one attached hydrogen (secondary N) is 1. The lowest BCUT2D eigenvalue weighted by Crippen LogP contribution is -2.48. The van der Waals surface area contributed by atoms with E-state index in [2.05, 4.69) is 46.3 Å². The third kappa shape index (κ3) is 3.71. The third-order valence-electron chi connectivity index (χ3n) is 5.91. The Bertz CT molecular complexity index is 1190. The smallest absolute Gasteiger partial charge is 0.132 e. The minimum atomic E-state index is -0.856. The SMILES string of the molecule is [2H]Cn1ncc2cc(C3=CC(N)(c4ccnc(N5C[C@@H](C)O[C@@H](C)C5)c4)NC=C3)ccc21. The highest BCUT2D eigenvalue weighted by molar-refractivity contribution is 5.86. The van der Waals surface area contributed by atoms with E-state index in [9.17, 15) is 0 Å². The van der Waals surface area contributed by atoms with Crippen molar-refractivity contribution in [3.8, 4) is 0 Å². The fraction of sp³-hybridized carbons (Fsp3) is 0.333. The molecule has 2 aliphatic heterocycles. The van der Waals surface area contributed by atoms with Crippen molar-refractivity contribution in [3.05, 3.63) is 72.2 Å². The van der Waals surface area contributed by atoms with Crippen molar-refractivity contribution >= 4 is 22.3 Å². The quantitative estimate of drug-likeness (QED) is 0.682. The van der Waals surface area contributed by atoms with E-state index in [4.69, 9.17) is 11.8 Å². The lowest BCUT2D eigenvalue weighted by molar-refractivity contribution is -0.00546. The average Bonchev–Trinajstić information content (AvgIpc) is 3.21. The molecule has 1 saturated heterocycles. The summed E-state index contributed by atoms with van der Waals surface area (Å²) in [5, 5.41) is 8.60. The Kier molecular flexibility index (Phi) is 4.51. The van der Waals surface area contributed by atoms with Crippen LogP contribution < -0.4 is 16.0 Å². The number of allylic oxidation sites excluding steroid dienone is 2. The van der Waals surface area contributed by atoms with Crippen LogP contribution in [0.25, 0.3) is 16.5 Å². The molecule has 2 aromatic heterocycles. The van der Waals surface area contributed by atoms with E-state index in [1.165, 1.54) is 0 Å². The van der Waals surface area contributed by atoms with E-state index in [0.29, 0.717) is 0 Å². The molecule has 2 aliphatic rings. The monoisotopic (exact) mass is 417 g/mol. The Morgan fingerprint density at radius 3 is 2.87 bits per heavy atom.